The third kappa shape index (κ3) is 1.21. The van der Waals surface area contributed by atoms with Gasteiger partial charge in [0.25, 0.3) is 0 Å². The van der Waals surface area contributed by atoms with E-state index in [-0.39, 0.29) is 5.78 Å². The molecule has 0 N–H and O–H groups in total. The first-order valence-electron chi connectivity index (χ1n) is 4.55. The second kappa shape index (κ2) is 2.84. The Kier molecular flexibility index (Phi) is 1.80. The molecule has 1 aliphatic rings. The molecule has 0 amide bonds. The zero-order valence-electron chi connectivity index (χ0n) is 7.87. The molecule has 1 nitrogen and oxygen atoms in total. The molecular formula is C12H12O. The van der Waals surface area contributed by atoms with E-state index in [1.54, 1.807) is 0 Å². The Bertz CT molecular complexity index is 386. The number of carbonyl (C=O) groups is 1. The fraction of sp³-hybridized carbons (Fsp3) is 0.250. The number of carbonyl (C=O) groups excluding carboxylic acids is 1. The van der Waals surface area contributed by atoms with Gasteiger partial charge in [0.1, 0.15) is 0 Å². The summed E-state index contributed by atoms with van der Waals surface area (Å²) in [6, 6.07) is 7.76. The van der Waals surface area contributed by atoms with E-state index < -0.39 is 0 Å². The Balaban J connectivity index is 2.51. The highest BCUT2D eigenvalue weighted by Gasteiger charge is 2.23. The second-order valence-electron chi connectivity index (χ2n) is 3.67. The first kappa shape index (κ1) is 8.24. The van der Waals surface area contributed by atoms with Crippen LogP contribution in [0.2, 0.25) is 0 Å². The van der Waals surface area contributed by atoms with Gasteiger partial charge in [0.05, 0.1) is 0 Å². The van der Waals surface area contributed by atoms with Gasteiger partial charge in [-0.25, -0.2) is 0 Å². The molecule has 1 aromatic carbocycles. The van der Waals surface area contributed by atoms with Gasteiger partial charge in [0.2, 0.25) is 0 Å². The Morgan fingerprint density at radius 1 is 1.15 bits per heavy atom. The number of benzene rings is 1. The maximum atomic E-state index is 11.8. The van der Waals surface area contributed by atoms with Crippen molar-refractivity contribution in [2.24, 2.45) is 5.92 Å². The van der Waals surface area contributed by atoms with Crippen molar-refractivity contribution in [3.8, 4) is 0 Å². The minimum Gasteiger partial charge on any atom is -0.289 e. The van der Waals surface area contributed by atoms with Gasteiger partial charge < -0.3 is 0 Å². The van der Waals surface area contributed by atoms with Gasteiger partial charge in [-0.2, -0.15) is 0 Å². The summed E-state index contributed by atoms with van der Waals surface area (Å²) in [6.07, 6.45) is 2.00. The molecular weight excluding hydrogens is 160 g/mol. The summed E-state index contributed by atoms with van der Waals surface area (Å²) in [5, 5.41) is 0. The van der Waals surface area contributed by atoms with Gasteiger partial charge in [-0.3, -0.25) is 4.79 Å². The standard InChI is InChI=1S/C12H12O/c1-8(2)11-7-9-5-3-4-6-10(9)12(11)13/h3-8H,1-2H3. The van der Waals surface area contributed by atoms with Gasteiger partial charge in [-0.1, -0.05) is 38.1 Å². The fourth-order valence-corrected chi connectivity index (χ4v) is 1.65. The number of rotatable bonds is 1. The Morgan fingerprint density at radius 2 is 1.85 bits per heavy atom. The van der Waals surface area contributed by atoms with E-state index in [9.17, 15) is 4.79 Å². The largest absolute Gasteiger partial charge is 0.289 e. The number of allylic oxidation sites excluding steroid dienone is 1. The van der Waals surface area contributed by atoms with Crippen molar-refractivity contribution in [3.05, 3.63) is 41.0 Å². The highest BCUT2D eigenvalue weighted by molar-refractivity contribution is 6.17. The molecule has 0 fully saturated rings. The summed E-state index contributed by atoms with van der Waals surface area (Å²) < 4.78 is 0. The normalized spacial score (nSPS) is 14.7. The van der Waals surface area contributed by atoms with E-state index in [4.69, 9.17) is 0 Å². The first-order chi connectivity index (χ1) is 6.20. The summed E-state index contributed by atoms with van der Waals surface area (Å²) >= 11 is 0. The van der Waals surface area contributed by atoms with Gasteiger partial charge in [-0.05, 0) is 17.6 Å². The van der Waals surface area contributed by atoms with Crippen LogP contribution in [0, 0.1) is 5.92 Å². The van der Waals surface area contributed by atoms with E-state index in [0.717, 1.165) is 16.7 Å². The SMILES string of the molecule is CC(C)C1=Cc2ccccc2C1=O. The summed E-state index contributed by atoms with van der Waals surface area (Å²) in [5.41, 5.74) is 2.85. The molecule has 0 saturated carbocycles. The van der Waals surface area contributed by atoms with Crippen LogP contribution < -0.4 is 0 Å². The molecule has 1 aliphatic carbocycles. The molecule has 2 rings (SSSR count). The first-order valence-corrected chi connectivity index (χ1v) is 4.55. The maximum Gasteiger partial charge on any atom is 0.189 e. The molecule has 0 saturated heterocycles. The van der Waals surface area contributed by atoms with Crippen molar-refractivity contribution in [1.82, 2.24) is 0 Å². The van der Waals surface area contributed by atoms with E-state index in [0.29, 0.717) is 5.92 Å². The van der Waals surface area contributed by atoms with E-state index >= 15 is 0 Å². The van der Waals surface area contributed by atoms with Crippen LogP contribution >= 0.6 is 0 Å². The molecule has 0 radical (unpaired) electrons. The number of hydrogen-bond acceptors (Lipinski definition) is 1. The minimum atomic E-state index is 0.200. The maximum absolute atomic E-state index is 11.8. The summed E-state index contributed by atoms with van der Waals surface area (Å²) in [7, 11) is 0. The summed E-state index contributed by atoms with van der Waals surface area (Å²) in [4.78, 5) is 11.8. The molecule has 1 heteroatoms. The lowest BCUT2D eigenvalue weighted by atomic mass is 10.0. The van der Waals surface area contributed by atoms with Crippen LogP contribution in [-0.4, -0.2) is 5.78 Å². The fourth-order valence-electron chi connectivity index (χ4n) is 1.65. The van der Waals surface area contributed by atoms with Crippen LogP contribution in [0.3, 0.4) is 0 Å². The van der Waals surface area contributed by atoms with Crippen LogP contribution in [0.5, 0.6) is 0 Å². The average molecular weight is 172 g/mol. The minimum absolute atomic E-state index is 0.200. The van der Waals surface area contributed by atoms with Crippen molar-refractivity contribution >= 4 is 11.9 Å². The van der Waals surface area contributed by atoms with Crippen LogP contribution in [0.4, 0.5) is 0 Å². The van der Waals surface area contributed by atoms with Gasteiger partial charge in [-0.15, -0.1) is 0 Å². The molecule has 0 aliphatic heterocycles. The van der Waals surface area contributed by atoms with Crippen LogP contribution in [-0.2, 0) is 0 Å². The van der Waals surface area contributed by atoms with Crippen molar-refractivity contribution in [2.45, 2.75) is 13.8 Å². The van der Waals surface area contributed by atoms with E-state index in [1.807, 2.05) is 30.3 Å². The monoisotopic (exact) mass is 172 g/mol. The Labute approximate surface area is 78.1 Å². The van der Waals surface area contributed by atoms with Gasteiger partial charge >= 0.3 is 0 Å². The molecule has 1 aromatic rings. The molecule has 0 bridgehead atoms. The zero-order valence-corrected chi connectivity index (χ0v) is 7.87. The van der Waals surface area contributed by atoms with E-state index in [1.165, 1.54) is 0 Å². The quantitative estimate of drug-likeness (QED) is 0.636. The summed E-state index contributed by atoms with van der Waals surface area (Å²) in [6.45, 7) is 4.10. The Hall–Kier alpha value is -1.37. The molecule has 66 valence electrons. The number of hydrogen-bond donors (Lipinski definition) is 0. The Morgan fingerprint density at radius 3 is 2.46 bits per heavy atom. The predicted molar refractivity (Wildman–Crippen MR) is 53.6 cm³/mol. The van der Waals surface area contributed by atoms with Crippen molar-refractivity contribution < 1.29 is 4.79 Å². The molecule has 0 heterocycles. The molecule has 0 aromatic heterocycles. The lowest BCUT2D eigenvalue weighted by Gasteiger charge is -2.02. The third-order valence-electron chi connectivity index (χ3n) is 2.40. The van der Waals surface area contributed by atoms with Crippen molar-refractivity contribution in [2.75, 3.05) is 0 Å². The average Bonchev–Trinajstić information content (AvgIpc) is 2.45. The van der Waals surface area contributed by atoms with Crippen LogP contribution in [0.25, 0.3) is 6.08 Å². The van der Waals surface area contributed by atoms with Gasteiger partial charge in [0, 0.05) is 11.1 Å². The zero-order chi connectivity index (χ0) is 9.42. The number of Topliss-reactive ketones (excluding diaryl/α,β-unsaturated/α-hetero) is 1. The highest BCUT2D eigenvalue weighted by Crippen LogP contribution is 2.28. The van der Waals surface area contributed by atoms with Gasteiger partial charge in [0.15, 0.2) is 5.78 Å². The lowest BCUT2D eigenvalue weighted by Crippen LogP contribution is -2.03. The van der Waals surface area contributed by atoms with E-state index in [2.05, 4.69) is 13.8 Å². The van der Waals surface area contributed by atoms with Crippen molar-refractivity contribution in [1.29, 1.82) is 0 Å². The molecule has 0 atom stereocenters. The van der Waals surface area contributed by atoms with Crippen LogP contribution in [0.15, 0.2) is 29.8 Å². The summed E-state index contributed by atoms with van der Waals surface area (Å²) in [5.74, 6) is 0.519. The number of ketones is 1. The molecule has 0 unspecified atom stereocenters. The smallest absolute Gasteiger partial charge is 0.189 e. The second-order valence-corrected chi connectivity index (χ2v) is 3.67. The molecule has 13 heavy (non-hydrogen) atoms. The predicted octanol–water partition coefficient (Wildman–Crippen LogP) is 2.92. The topological polar surface area (TPSA) is 17.1 Å². The molecule has 0 spiro atoms. The highest BCUT2D eigenvalue weighted by atomic mass is 16.1. The van der Waals surface area contributed by atoms with Crippen LogP contribution in [0.1, 0.15) is 29.8 Å². The van der Waals surface area contributed by atoms with Crippen molar-refractivity contribution in [3.63, 3.8) is 0 Å². The third-order valence-corrected chi connectivity index (χ3v) is 2.40. The number of fused-ring (bicyclic) bond motifs is 1. The lowest BCUT2D eigenvalue weighted by molar-refractivity contribution is 0.103.